The number of hydrogen-bond acceptors (Lipinski definition) is 3. The van der Waals surface area contributed by atoms with Crippen LogP contribution in [0.15, 0.2) is 30.3 Å². The van der Waals surface area contributed by atoms with Gasteiger partial charge in [0.1, 0.15) is 0 Å². The summed E-state index contributed by atoms with van der Waals surface area (Å²) in [6.45, 7) is 3.19. The standard InChI is InChI=1S/C18H24N2O3/c1-13(14-6-3-2-4-7-14)20-11-15(10-17(20)22)18(23)19-9-5-8-16(19)12-21/h2-4,6-7,13,15-16,21H,5,8-12H2,1H3/t13?,15?,16-/m1/s1. The van der Waals surface area contributed by atoms with E-state index in [-0.39, 0.29) is 42.8 Å². The Labute approximate surface area is 136 Å². The van der Waals surface area contributed by atoms with Crippen molar-refractivity contribution in [1.82, 2.24) is 9.80 Å². The van der Waals surface area contributed by atoms with E-state index in [1.54, 1.807) is 4.90 Å². The highest BCUT2D eigenvalue weighted by molar-refractivity contribution is 5.89. The molecule has 0 radical (unpaired) electrons. The molecular formula is C18H24N2O3. The molecule has 0 aromatic heterocycles. The van der Waals surface area contributed by atoms with Crippen molar-refractivity contribution in [2.75, 3.05) is 19.7 Å². The fourth-order valence-corrected chi connectivity index (χ4v) is 3.73. The minimum atomic E-state index is -0.277. The summed E-state index contributed by atoms with van der Waals surface area (Å²) in [7, 11) is 0. The Bertz CT molecular complexity index is 575. The number of carbonyl (C=O) groups is 2. The Balaban J connectivity index is 1.69. The molecule has 0 aliphatic carbocycles. The lowest BCUT2D eigenvalue weighted by atomic mass is 10.1. The Morgan fingerprint density at radius 1 is 1.35 bits per heavy atom. The number of aliphatic hydroxyl groups excluding tert-OH is 1. The van der Waals surface area contributed by atoms with Crippen molar-refractivity contribution in [2.24, 2.45) is 5.92 Å². The molecule has 5 heteroatoms. The normalized spacial score (nSPS) is 25.9. The van der Waals surface area contributed by atoms with E-state index in [2.05, 4.69) is 0 Å². The molecule has 2 saturated heterocycles. The van der Waals surface area contributed by atoms with Crippen molar-refractivity contribution < 1.29 is 14.7 Å². The molecule has 2 fully saturated rings. The molecule has 1 N–H and O–H groups in total. The molecule has 0 spiro atoms. The number of rotatable bonds is 4. The van der Waals surface area contributed by atoms with Crippen LogP contribution in [0, 0.1) is 5.92 Å². The third-order valence-corrected chi connectivity index (χ3v) is 5.13. The highest BCUT2D eigenvalue weighted by Crippen LogP contribution is 2.31. The maximum absolute atomic E-state index is 12.7. The molecule has 3 rings (SSSR count). The second kappa shape index (κ2) is 6.71. The predicted molar refractivity (Wildman–Crippen MR) is 86.5 cm³/mol. The molecule has 23 heavy (non-hydrogen) atoms. The minimum Gasteiger partial charge on any atom is -0.394 e. The van der Waals surface area contributed by atoms with Gasteiger partial charge < -0.3 is 14.9 Å². The number of aliphatic hydroxyl groups is 1. The molecule has 3 atom stereocenters. The second-order valence-electron chi connectivity index (χ2n) is 6.54. The van der Waals surface area contributed by atoms with Gasteiger partial charge in [-0.25, -0.2) is 0 Å². The highest BCUT2D eigenvalue weighted by Gasteiger charge is 2.41. The predicted octanol–water partition coefficient (Wildman–Crippen LogP) is 1.58. The molecule has 5 nitrogen and oxygen atoms in total. The monoisotopic (exact) mass is 316 g/mol. The molecule has 2 aliphatic heterocycles. The molecule has 2 unspecified atom stereocenters. The summed E-state index contributed by atoms with van der Waals surface area (Å²) in [6, 6.07) is 9.81. The molecular weight excluding hydrogens is 292 g/mol. The molecule has 2 amide bonds. The number of likely N-dealkylation sites (tertiary alicyclic amines) is 2. The average molecular weight is 316 g/mol. The van der Waals surface area contributed by atoms with Crippen LogP contribution in [-0.4, -0.2) is 52.5 Å². The van der Waals surface area contributed by atoms with Gasteiger partial charge in [-0.15, -0.1) is 0 Å². The van der Waals surface area contributed by atoms with Crippen molar-refractivity contribution in [2.45, 2.75) is 38.3 Å². The van der Waals surface area contributed by atoms with Crippen LogP contribution in [0.3, 0.4) is 0 Å². The highest BCUT2D eigenvalue weighted by atomic mass is 16.3. The van der Waals surface area contributed by atoms with Crippen molar-refractivity contribution >= 4 is 11.8 Å². The number of amides is 2. The lowest BCUT2D eigenvalue weighted by Crippen LogP contribution is -2.42. The van der Waals surface area contributed by atoms with Gasteiger partial charge in [0.15, 0.2) is 0 Å². The Kier molecular flexibility index (Phi) is 4.66. The van der Waals surface area contributed by atoms with E-state index in [4.69, 9.17) is 0 Å². The summed E-state index contributed by atoms with van der Waals surface area (Å²) in [5, 5.41) is 9.40. The van der Waals surface area contributed by atoms with Crippen LogP contribution in [0.5, 0.6) is 0 Å². The number of hydrogen-bond donors (Lipinski definition) is 1. The zero-order valence-electron chi connectivity index (χ0n) is 13.5. The quantitative estimate of drug-likeness (QED) is 0.917. The minimum absolute atomic E-state index is 0.0105. The lowest BCUT2D eigenvalue weighted by molar-refractivity contribution is -0.137. The van der Waals surface area contributed by atoms with Crippen LogP contribution in [-0.2, 0) is 9.59 Å². The molecule has 1 aromatic carbocycles. The molecule has 2 aliphatic rings. The van der Waals surface area contributed by atoms with Gasteiger partial charge in [0.2, 0.25) is 11.8 Å². The van der Waals surface area contributed by atoms with E-state index in [1.165, 1.54) is 0 Å². The van der Waals surface area contributed by atoms with E-state index in [9.17, 15) is 14.7 Å². The second-order valence-corrected chi connectivity index (χ2v) is 6.54. The maximum Gasteiger partial charge on any atom is 0.228 e. The van der Waals surface area contributed by atoms with E-state index < -0.39 is 0 Å². The van der Waals surface area contributed by atoms with E-state index >= 15 is 0 Å². The van der Waals surface area contributed by atoms with Gasteiger partial charge in [0.25, 0.3) is 0 Å². The van der Waals surface area contributed by atoms with Crippen LogP contribution in [0.2, 0.25) is 0 Å². The Hall–Kier alpha value is -1.88. The fourth-order valence-electron chi connectivity index (χ4n) is 3.73. The Morgan fingerprint density at radius 3 is 2.78 bits per heavy atom. The molecule has 0 bridgehead atoms. The first-order chi connectivity index (χ1) is 11.1. The van der Waals surface area contributed by atoms with Gasteiger partial charge in [-0.3, -0.25) is 9.59 Å². The zero-order valence-corrected chi connectivity index (χ0v) is 13.5. The summed E-state index contributed by atoms with van der Waals surface area (Å²) < 4.78 is 0. The van der Waals surface area contributed by atoms with Gasteiger partial charge in [-0.1, -0.05) is 30.3 Å². The lowest BCUT2D eigenvalue weighted by Gasteiger charge is -2.27. The van der Waals surface area contributed by atoms with Crippen LogP contribution in [0.25, 0.3) is 0 Å². The van der Waals surface area contributed by atoms with Gasteiger partial charge in [-0.05, 0) is 25.3 Å². The van der Waals surface area contributed by atoms with Crippen molar-refractivity contribution in [1.29, 1.82) is 0 Å². The largest absolute Gasteiger partial charge is 0.394 e. The third kappa shape index (κ3) is 3.11. The van der Waals surface area contributed by atoms with Crippen LogP contribution < -0.4 is 0 Å². The van der Waals surface area contributed by atoms with Crippen molar-refractivity contribution in [3.8, 4) is 0 Å². The SMILES string of the molecule is CC(c1ccccc1)N1CC(C(=O)N2CCC[C@@H]2CO)CC1=O. The van der Waals surface area contributed by atoms with Gasteiger partial charge in [0, 0.05) is 19.5 Å². The molecule has 124 valence electrons. The first-order valence-corrected chi connectivity index (χ1v) is 8.37. The molecule has 2 heterocycles. The molecule has 1 aromatic rings. The number of benzene rings is 1. The van der Waals surface area contributed by atoms with Crippen LogP contribution in [0.4, 0.5) is 0 Å². The van der Waals surface area contributed by atoms with E-state index in [0.717, 1.165) is 18.4 Å². The fraction of sp³-hybridized carbons (Fsp3) is 0.556. The first kappa shape index (κ1) is 16.0. The summed E-state index contributed by atoms with van der Waals surface area (Å²) in [5.74, 6) is -0.210. The van der Waals surface area contributed by atoms with Crippen molar-refractivity contribution in [3.05, 3.63) is 35.9 Å². The summed E-state index contributed by atoms with van der Waals surface area (Å²) in [6.07, 6.45) is 2.07. The summed E-state index contributed by atoms with van der Waals surface area (Å²) >= 11 is 0. The van der Waals surface area contributed by atoms with Crippen molar-refractivity contribution in [3.63, 3.8) is 0 Å². The first-order valence-electron chi connectivity index (χ1n) is 8.37. The summed E-state index contributed by atoms with van der Waals surface area (Å²) in [5.41, 5.74) is 1.09. The van der Waals surface area contributed by atoms with Gasteiger partial charge in [0.05, 0.1) is 24.6 Å². The molecule has 0 saturated carbocycles. The van der Waals surface area contributed by atoms with Crippen LogP contribution >= 0.6 is 0 Å². The average Bonchev–Trinajstić information content (AvgIpc) is 3.20. The zero-order chi connectivity index (χ0) is 16.4. The smallest absolute Gasteiger partial charge is 0.228 e. The number of nitrogens with zero attached hydrogens (tertiary/aromatic N) is 2. The summed E-state index contributed by atoms with van der Waals surface area (Å²) in [4.78, 5) is 28.7. The van der Waals surface area contributed by atoms with E-state index in [1.807, 2.05) is 42.2 Å². The third-order valence-electron chi connectivity index (χ3n) is 5.13. The topological polar surface area (TPSA) is 60.9 Å². The Morgan fingerprint density at radius 2 is 2.09 bits per heavy atom. The van der Waals surface area contributed by atoms with Gasteiger partial charge >= 0.3 is 0 Å². The van der Waals surface area contributed by atoms with E-state index in [0.29, 0.717) is 13.1 Å². The number of carbonyl (C=O) groups excluding carboxylic acids is 2. The van der Waals surface area contributed by atoms with Gasteiger partial charge in [-0.2, -0.15) is 0 Å². The maximum atomic E-state index is 12.7. The van der Waals surface area contributed by atoms with Crippen LogP contribution in [0.1, 0.15) is 37.8 Å².